The number of pyridine rings is 1. The van der Waals surface area contributed by atoms with Crippen LogP contribution in [0.15, 0.2) is 54.0 Å². The number of amides is 1. The first kappa shape index (κ1) is 15.5. The van der Waals surface area contributed by atoms with Crippen LogP contribution in [0.25, 0.3) is 0 Å². The molecule has 0 radical (unpaired) electrons. The third-order valence-corrected chi connectivity index (χ3v) is 4.10. The van der Waals surface area contributed by atoms with Gasteiger partial charge in [-0.2, -0.15) is 0 Å². The number of hydrogen-bond donors (Lipinski definition) is 0. The van der Waals surface area contributed by atoms with E-state index in [0.717, 1.165) is 4.88 Å². The van der Waals surface area contributed by atoms with Gasteiger partial charge in [-0.1, -0.05) is 23.7 Å². The summed E-state index contributed by atoms with van der Waals surface area (Å²) in [5.74, 6) is -0.132. The summed E-state index contributed by atoms with van der Waals surface area (Å²) >= 11 is 7.34. The fourth-order valence-corrected chi connectivity index (χ4v) is 2.98. The van der Waals surface area contributed by atoms with Crippen LogP contribution in [0, 0.1) is 0 Å². The van der Waals surface area contributed by atoms with Gasteiger partial charge >= 0.3 is 0 Å². The maximum atomic E-state index is 12.4. The maximum Gasteiger partial charge on any atom is 0.250 e. The van der Waals surface area contributed by atoms with E-state index in [1.807, 2.05) is 6.07 Å². The molecule has 0 fully saturated rings. The molecular weight excluding hydrogens is 308 g/mol. The van der Waals surface area contributed by atoms with Gasteiger partial charge < -0.3 is 9.47 Å². The summed E-state index contributed by atoms with van der Waals surface area (Å²) in [6.07, 6.45) is 3.27. The van der Waals surface area contributed by atoms with Gasteiger partial charge in [-0.25, -0.2) is 0 Å². The van der Waals surface area contributed by atoms with Crippen molar-refractivity contribution in [3.63, 3.8) is 0 Å². The highest BCUT2D eigenvalue weighted by atomic mass is 35.5. The molecule has 2 aromatic rings. The Kier molecular flexibility index (Phi) is 5.36. The van der Waals surface area contributed by atoms with Crippen LogP contribution in [0.5, 0.6) is 0 Å². The maximum absolute atomic E-state index is 12.4. The van der Waals surface area contributed by atoms with Crippen molar-refractivity contribution in [2.45, 2.75) is 13.1 Å². The fraction of sp³-hybridized carbons (Fsp3) is 0.200. The Labute approximate surface area is 131 Å². The highest BCUT2D eigenvalue weighted by Gasteiger charge is 2.14. The summed E-state index contributed by atoms with van der Waals surface area (Å²) in [7, 11) is 0. The monoisotopic (exact) mass is 322 g/mol. The first-order valence-corrected chi connectivity index (χ1v) is 7.58. The topological polar surface area (TPSA) is 42.3 Å². The second-order valence-electron chi connectivity index (χ2n) is 4.44. The zero-order valence-corrected chi connectivity index (χ0v) is 12.9. The molecule has 2 rings (SSSR count). The molecule has 0 aliphatic rings. The molecular formula is C15H15ClN2O2S. The lowest BCUT2D eigenvalue weighted by Gasteiger charge is -2.20. The summed E-state index contributed by atoms with van der Waals surface area (Å²) in [4.78, 5) is 26.7. The van der Waals surface area contributed by atoms with Crippen LogP contribution in [-0.2, 0) is 17.9 Å². The Bertz CT molecular complexity index is 693. The number of nitrogens with zero attached hydrogens (tertiary/aromatic N) is 2. The standard InChI is InChI=1S/C15H15ClN2O2S/c1-2-8-17(10-12-6-7-13(16)21-12)15(20)11-18-9-4-3-5-14(18)19/h2-7,9H,1,8,10-11H2. The Morgan fingerprint density at radius 1 is 1.38 bits per heavy atom. The van der Waals surface area contributed by atoms with Crippen molar-refractivity contribution in [1.29, 1.82) is 0 Å². The minimum absolute atomic E-state index is 0.0205. The van der Waals surface area contributed by atoms with Gasteiger partial charge in [0.2, 0.25) is 5.91 Å². The largest absolute Gasteiger partial charge is 0.332 e. The molecule has 0 bridgehead atoms. The van der Waals surface area contributed by atoms with Crippen molar-refractivity contribution in [2.75, 3.05) is 6.54 Å². The SMILES string of the molecule is C=CCN(Cc1ccc(Cl)s1)C(=O)Cn1ccccc1=O. The minimum atomic E-state index is -0.191. The Morgan fingerprint density at radius 3 is 2.81 bits per heavy atom. The van der Waals surface area contributed by atoms with E-state index in [-0.39, 0.29) is 18.0 Å². The van der Waals surface area contributed by atoms with Crippen LogP contribution in [0.2, 0.25) is 4.34 Å². The number of rotatable bonds is 6. The van der Waals surface area contributed by atoms with Gasteiger partial charge in [0.15, 0.2) is 0 Å². The minimum Gasteiger partial charge on any atom is -0.332 e. The number of carbonyl (C=O) groups excluding carboxylic acids is 1. The molecule has 1 amide bonds. The van der Waals surface area contributed by atoms with E-state index < -0.39 is 0 Å². The molecule has 0 aliphatic carbocycles. The highest BCUT2D eigenvalue weighted by molar-refractivity contribution is 7.16. The summed E-state index contributed by atoms with van der Waals surface area (Å²) in [5.41, 5.74) is -0.191. The van der Waals surface area contributed by atoms with E-state index >= 15 is 0 Å². The zero-order chi connectivity index (χ0) is 15.2. The molecule has 0 aliphatic heterocycles. The van der Waals surface area contributed by atoms with Crippen LogP contribution in [0.3, 0.4) is 0 Å². The number of thiophene rings is 1. The number of carbonyl (C=O) groups is 1. The predicted octanol–water partition coefficient (Wildman–Crippen LogP) is 2.78. The van der Waals surface area contributed by atoms with E-state index in [1.54, 1.807) is 35.4 Å². The first-order valence-electron chi connectivity index (χ1n) is 6.38. The van der Waals surface area contributed by atoms with Gasteiger partial charge in [-0.05, 0) is 18.2 Å². The van der Waals surface area contributed by atoms with Crippen molar-refractivity contribution < 1.29 is 4.79 Å². The molecule has 4 nitrogen and oxygen atoms in total. The molecule has 6 heteroatoms. The van der Waals surface area contributed by atoms with Gasteiger partial charge in [0.25, 0.3) is 5.56 Å². The van der Waals surface area contributed by atoms with E-state index in [4.69, 9.17) is 11.6 Å². The Balaban J connectivity index is 2.10. The van der Waals surface area contributed by atoms with Crippen LogP contribution >= 0.6 is 22.9 Å². The Morgan fingerprint density at radius 2 is 2.19 bits per heavy atom. The van der Waals surface area contributed by atoms with E-state index in [2.05, 4.69) is 6.58 Å². The molecule has 110 valence electrons. The van der Waals surface area contributed by atoms with Gasteiger partial charge in [0.1, 0.15) is 6.54 Å². The Hall–Kier alpha value is -1.85. The smallest absolute Gasteiger partial charge is 0.250 e. The molecule has 0 saturated carbocycles. The lowest BCUT2D eigenvalue weighted by atomic mass is 10.3. The van der Waals surface area contributed by atoms with Gasteiger partial charge in [0.05, 0.1) is 10.9 Å². The predicted molar refractivity (Wildman–Crippen MR) is 85.6 cm³/mol. The van der Waals surface area contributed by atoms with Gasteiger partial charge in [0, 0.05) is 23.7 Å². The summed E-state index contributed by atoms with van der Waals surface area (Å²) in [6, 6.07) is 8.51. The second kappa shape index (κ2) is 7.24. The second-order valence-corrected chi connectivity index (χ2v) is 6.24. The average molecular weight is 323 g/mol. The molecule has 0 spiro atoms. The van der Waals surface area contributed by atoms with Crippen molar-refractivity contribution in [3.05, 3.63) is 68.8 Å². The fourth-order valence-electron chi connectivity index (χ4n) is 1.87. The van der Waals surface area contributed by atoms with Gasteiger partial charge in [-0.3, -0.25) is 9.59 Å². The summed E-state index contributed by atoms with van der Waals surface area (Å²) in [5, 5.41) is 0. The van der Waals surface area contributed by atoms with Crippen LogP contribution in [0.1, 0.15) is 4.88 Å². The lowest BCUT2D eigenvalue weighted by Crippen LogP contribution is -2.35. The molecule has 0 saturated heterocycles. The number of halogens is 1. The normalized spacial score (nSPS) is 10.3. The van der Waals surface area contributed by atoms with Crippen molar-refractivity contribution in [1.82, 2.24) is 9.47 Å². The summed E-state index contributed by atoms with van der Waals surface area (Å²) < 4.78 is 2.08. The molecule has 2 heterocycles. The van der Waals surface area contributed by atoms with Crippen LogP contribution in [0.4, 0.5) is 0 Å². The molecule has 21 heavy (non-hydrogen) atoms. The average Bonchev–Trinajstić information content (AvgIpc) is 2.86. The van der Waals surface area contributed by atoms with Crippen LogP contribution < -0.4 is 5.56 Å². The van der Waals surface area contributed by atoms with Crippen LogP contribution in [-0.4, -0.2) is 21.9 Å². The molecule has 0 unspecified atom stereocenters. The summed E-state index contributed by atoms with van der Waals surface area (Å²) in [6.45, 7) is 4.58. The van der Waals surface area contributed by atoms with Crippen molar-refractivity contribution in [2.24, 2.45) is 0 Å². The molecule has 0 aromatic carbocycles. The number of hydrogen-bond acceptors (Lipinski definition) is 3. The molecule has 2 aromatic heterocycles. The van der Waals surface area contributed by atoms with E-state index in [1.165, 1.54) is 22.0 Å². The van der Waals surface area contributed by atoms with Gasteiger partial charge in [-0.15, -0.1) is 17.9 Å². The number of aromatic nitrogens is 1. The quantitative estimate of drug-likeness (QED) is 0.767. The third kappa shape index (κ3) is 4.31. The van der Waals surface area contributed by atoms with Crippen molar-refractivity contribution >= 4 is 28.8 Å². The third-order valence-electron chi connectivity index (χ3n) is 2.88. The molecule has 0 atom stereocenters. The highest BCUT2D eigenvalue weighted by Crippen LogP contribution is 2.22. The lowest BCUT2D eigenvalue weighted by molar-refractivity contribution is -0.131. The van der Waals surface area contributed by atoms with E-state index in [9.17, 15) is 9.59 Å². The van der Waals surface area contributed by atoms with E-state index in [0.29, 0.717) is 17.4 Å². The van der Waals surface area contributed by atoms with Crippen molar-refractivity contribution in [3.8, 4) is 0 Å². The zero-order valence-electron chi connectivity index (χ0n) is 11.4. The first-order chi connectivity index (χ1) is 10.1. The molecule has 0 N–H and O–H groups in total.